The third-order valence-corrected chi connectivity index (χ3v) is 5.87. The molecule has 0 radical (unpaired) electrons. The molecule has 0 amide bonds. The average molecular weight is 329 g/mol. The molecule has 2 nitrogen and oxygen atoms in total. The zero-order chi connectivity index (χ0) is 16.8. The number of nitrogens with zero attached hydrogens (tertiary/aromatic N) is 1. The van der Waals surface area contributed by atoms with Gasteiger partial charge in [0.05, 0.1) is 0 Å². The summed E-state index contributed by atoms with van der Waals surface area (Å²) >= 11 is 0. The third-order valence-electron chi connectivity index (χ3n) is 5.87. The number of piperidine rings is 1. The van der Waals surface area contributed by atoms with Crippen LogP contribution < -0.4 is 0 Å². The highest BCUT2D eigenvalue weighted by molar-refractivity contribution is 6.23. The maximum atomic E-state index is 9.51. The summed E-state index contributed by atoms with van der Waals surface area (Å²) in [4.78, 5) is 2.51. The molecule has 1 aliphatic heterocycles. The maximum Gasteiger partial charge on any atom is 0.0471 e. The second-order valence-corrected chi connectivity index (χ2v) is 7.51. The van der Waals surface area contributed by atoms with Gasteiger partial charge in [-0.05, 0) is 63.2 Å². The van der Waals surface area contributed by atoms with Crippen LogP contribution in [0.4, 0.5) is 0 Å². The summed E-state index contributed by atoms with van der Waals surface area (Å²) in [7, 11) is 0. The van der Waals surface area contributed by atoms with E-state index in [9.17, 15) is 5.11 Å². The molecule has 5 rings (SSSR count). The van der Waals surface area contributed by atoms with Gasteiger partial charge in [0.15, 0.2) is 0 Å². The van der Waals surface area contributed by atoms with Gasteiger partial charge >= 0.3 is 0 Å². The molecule has 0 unspecified atom stereocenters. The van der Waals surface area contributed by atoms with Crippen molar-refractivity contribution in [3.63, 3.8) is 0 Å². The molecule has 0 spiro atoms. The van der Waals surface area contributed by atoms with Gasteiger partial charge in [-0.1, -0.05) is 54.6 Å². The second-order valence-electron chi connectivity index (χ2n) is 7.51. The van der Waals surface area contributed by atoms with Crippen molar-refractivity contribution in [1.29, 1.82) is 0 Å². The molecule has 4 aromatic carbocycles. The molecule has 1 fully saturated rings. The van der Waals surface area contributed by atoms with Crippen LogP contribution in [0.5, 0.6) is 0 Å². The Morgan fingerprint density at radius 3 is 2.40 bits per heavy atom. The Kier molecular flexibility index (Phi) is 3.61. The lowest BCUT2D eigenvalue weighted by Crippen LogP contribution is -2.36. The lowest BCUT2D eigenvalue weighted by molar-refractivity contribution is 0.116. The average Bonchev–Trinajstić information content (AvgIpc) is 2.67. The fourth-order valence-electron chi connectivity index (χ4n) is 4.62. The van der Waals surface area contributed by atoms with Gasteiger partial charge in [0.2, 0.25) is 0 Å². The van der Waals surface area contributed by atoms with E-state index in [1.54, 1.807) is 0 Å². The van der Waals surface area contributed by atoms with Crippen molar-refractivity contribution in [2.75, 3.05) is 19.7 Å². The quantitative estimate of drug-likeness (QED) is 0.546. The number of hydrogen-bond acceptors (Lipinski definition) is 2. The van der Waals surface area contributed by atoms with E-state index in [0.29, 0.717) is 12.5 Å². The fraction of sp³-hybridized carbons (Fsp3) is 0.304. The molecule has 1 N–H and O–H groups in total. The zero-order valence-corrected chi connectivity index (χ0v) is 14.4. The summed E-state index contributed by atoms with van der Waals surface area (Å²) in [6.07, 6.45) is 2.35. The highest BCUT2D eigenvalue weighted by atomic mass is 16.3. The van der Waals surface area contributed by atoms with Crippen LogP contribution in [0.3, 0.4) is 0 Å². The molecule has 126 valence electrons. The Morgan fingerprint density at radius 2 is 1.60 bits per heavy atom. The number of benzene rings is 4. The van der Waals surface area contributed by atoms with Gasteiger partial charge in [-0.25, -0.2) is 0 Å². The highest BCUT2D eigenvalue weighted by Crippen LogP contribution is 2.36. The summed E-state index contributed by atoms with van der Waals surface area (Å²) in [6.45, 7) is 3.44. The first kappa shape index (κ1) is 15.1. The van der Waals surface area contributed by atoms with Crippen LogP contribution in [0, 0.1) is 5.92 Å². The summed E-state index contributed by atoms with van der Waals surface area (Å²) in [5, 5.41) is 17.7. The van der Waals surface area contributed by atoms with E-state index < -0.39 is 0 Å². The topological polar surface area (TPSA) is 23.5 Å². The molecule has 1 atom stereocenters. The molecule has 4 aromatic rings. The number of likely N-dealkylation sites (tertiary alicyclic amines) is 1. The Labute approximate surface area is 148 Å². The van der Waals surface area contributed by atoms with E-state index in [1.807, 2.05) is 0 Å². The van der Waals surface area contributed by atoms with Gasteiger partial charge in [-0.3, -0.25) is 4.90 Å². The Morgan fingerprint density at radius 1 is 0.880 bits per heavy atom. The molecular weight excluding hydrogens is 306 g/mol. The first-order valence-corrected chi connectivity index (χ1v) is 9.32. The van der Waals surface area contributed by atoms with Crippen molar-refractivity contribution < 1.29 is 5.11 Å². The molecule has 0 bridgehead atoms. The SMILES string of the molecule is OC[C@H]1CCCN(Cc2ccc3ccc4cccc5ccc2c3c45)C1. The molecule has 0 saturated carbocycles. The third kappa shape index (κ3) is 2.48. The van der Waals surface area contributed by atoms with Gasteiger partial charge in [0.25, 0.3) is 0 Å². The molecule has 1 saturated heterocycles. The van der Waals surface area contributed by atoms with E-state index in [4.69, 9.17) is 0 Å². The van der Waals surface area contributed by atoms with Gasteiger partial charge in [-0.15, -0.1) is 0 Å². The van der Waals surface area contributed by atoms with E-state index >= 15 is 0 Å². The molecule has 1 heterocycles. The van der Waals surface area contributed by atoms with Crippen molar-refractivity contribution in [3.8, 4) is 0 Å². The molecular formula is C23H23NO. The largest absolute Gasteiger partial charge is 0.396 e. The normalized spacial score (nSPS) is 19.3. The van der Waals surface area contributed by atoms with Crippen LogP contribution >= 0.6 is 0 Å². The summed E-state index contributed by atoms with van der Waals surface area (Å²) in [5.74, 6) is 0.438. The highest BCUT2D eigenvalue weighted by Gasteiger charge is 2.20. The Hall–Kier alpha value is -2.16. The first-order valence-electron chi connectivity index (χ1n) is 9.32. The minimum atomic E-state index is 0.314. The minimum absolute atomic E-state index is 0.314. The maximum absolute atomic E-state index is 9.51. The summed E-state index contributed by atoms with van der Waals surface area (Å²) in [5.41, 5.74) is 1.41. The second kappa shape index (κ2) is 5.98. The number of hydrogen-bond donors (Lipinski definition) is 1. The van der Waals surface area contributed by atoms with Crippen LogP contribution in [0.15, 0.2) is 54.6 Å². The predicted octanol–water partition coefficient (Wildman–Crippen LogP) is 4.79. The van der Waals surface area contributed by atoms with Crippen molar-refractivity contribution in [2.45, 2.75) is 19.4 Å². The summed E-state index contributed by atoms with van der Waals surface area (Å²) in [6, 6.07) is 20.2. The molecule has 2 heteroatoms. The lowest BCUT2D eigenvalue weighted by Gasteiger charge is -2.32. The first-order chi connectivity index (χ1) is 12.3. The lowest BCUT2D eigenvalue weighted by atomic mass is 9.91. The van der Waals surface area contributed by atoms with Gasteiger partial charge in [0, 0.05) is 19.7 Å². The number of aliphatic hydroxyl groups excluding tert-OH is 1. The predicted molar refractivity (Wildman–Crippen MR) is 105 cm³/mol. The molecule has 1 aliphatic rings. The molecule has 0 aliphatic carbocycles. The van der Waals surface area contributed by atoms with E-state index in [-0.39, 0.29) is 0 Å². The van der Waals surface area contributed by atoms with Crippen LogP contribution in [-0.2, 0) is 6.54 Å². The van der Waals surface area contributed by atoms with Crippen molar-refractivity contribution >= 4 is 32.3 Å². The number of aliphatic hydroxyl groups is 1. The van der Waals surface area contributed by atoms with Crippen LogP contribution in [0.25, 0.3) is 32.3 Å². The van der Waals surface area contributed by atoms with Crippen molar-refractivity contribution in [1.82, 2.24) is 4.90 Å². The van der Waals surface area contributed by atoms with Gasteiger partial charge < -0.3 is 5.11 Å². The van der Waals surface area contributed by atoms with E-state index in [0.717, 1.165) is 26.1 Å². The Bertz CT molecular complexity index is 1020. The van der Waals surface area contributed by atoms with Crippen molar-refractivity contribution in [3.05, 3.63) is 60.2 Å². The number of rotatable bonds is 3. The summed E-state index contributed by atoms with van der Waals surface area (Å²) < 4.78 is 0. The molecule has 0 aromatic heterocycles. The van der Waals surface area contributed by atoms with E-state index in [2.05, 4.69) is 59.5 Å². The van der Waals surface area contributed by atoms with E-state index in [1.165, 1.54) is 44.3 Å². The fourth-order valence-corrected chi connectivity index (χ4v) is 4.62. The monoisotopic (exact) mass is 329 g/mol. The van der Waals surface area contributed by atoms with Crippen LogP contribution in [-0.4, -0.2) is 29.7 Å². The van der Waals surface area contributed by atoms with Crippen LogP contribution in [0.1, 0.15) is 18.4 Å². The molecule has 25 heavy (non-hydrogen) atoms. The standard InChI is InChI=1S/C23H23NO/c25-15-16-3-2-12-24(13-16)14-20-9-8-19-7-6-17-4-1-5-18-10-11-21(20)23(19)22(17)18/h1,4-11,16,25H,2-3,12-15H2/t16-/m0/s1. The zero-order valence-electron chi connectivity index (χ0n) is 14.4. The van der Waals surface area contributed by atoms with Gasteiger partial charge in [-0.2, -0.15) is 0 Å². The minimum Gasteiger partial charge on any atom is -0.396 e. The van der Waals surface area contributed by atoms with Crippen molar-refractivity contribution in [2.24, 2.45) is 5.92 Å². The van der Waals surface area contributed by atoms with Gasteiger partial charge in [0.1, 0.15) is 0 Å². The Balaban J connectivity index is 1.64. The van der Waals surface area contributed by atoms with Crippen LogP contribution in [0.2, 0.25) is 0 Å². The smallest absolute Gasteiger partial charge is 0.0471 e.